The van der Waals surface area contributed by atoms with E-state index in [9.17, 15) is 14.9 Å². The van der Waals surface area contributed by atoms with Crippen molar-refractivity contribution in [2.75, 3.05) is 6.54 Å². The fourth-order valence-corrected chi connectivity index (χ4v) is 2.79. The number of carbonyl (C=O) groups excluding carboxylic acids is 1. The quantitative estimate of drug-likeness (QED) is 0.613. The molecule has 1 atom stereocenters. The number of benzene rings is 1. The molecule has 1 aromatic rings. The van der Waals surface area contributed by atoms with Gasteiger partial charge < -0.3 is 4.90 Å². The lowest BCUT2D eigenvalue weighted by molar-refractivity contribution is -0.384. The van der Waals surface area contributed by atoms with E-state index in [4.69, 9.17) is 23.2 Å². The van der Waals surface area contributed by atoms with Crippen LogP contribution in [0.15, 0.2) is 12.1 Å². The first kappa shape index (κ1) is 15.1. The number of nitro groups is 1. The predicted octanol–water partition coefficient (Wildman–Crippen LogP) is 3.92. The van der Waals surface area contributed by atoms with Crippen LogP contribution >= 0.6 is 23.2 Å². The second kappa shape index (κ2) is 5.97. The lowest BCUT2D eigenvalue weighted by Crippen LogP contribution is -2.42. The summed E-state index contributed by atoms with van der Waals surface area (Å²) in [5.41, 5.74) is -0.132. The molecule has 1 amide bonds. The molecule has 20 heavy (non-hydrogen) atoms. The zero-order valence-corrected chi connectivity index (χ0v) is 12.4. The van der Waals surface area contributed by atoms with Gasteiger partial charge in [-0.1, -0.05) is 23.2 Å². The van der Waals surface area contributed by atoms with Gasteiger partial charge in [-0.2, -0.15) is 0 Å². The number of piperidine rings is 1. The van der Waals surface area contributed by atoms with Crippen molar-refractivity contribution in [1.82, 2.24) is 4.90 Å². The van der Waals surface area contributed by atoms with Crippen LogP contribution in [0, 0.1) is 10.1 Å². The zero-order chi connectivity index (χ0) is 14.9. The third-order valence-electron chi connectivity index (χ3n) is 3.52. The van der Waals surface area contributed by atoms with Crippen molar-refractivity contribution in [2.24, 2.45) is 0 Å². The normalized spacial score (nSPS) is 18.9. The van der Waals surface area contributed by atoms with Gasteiger partial charge in [0, 0.05) is 24.7 Å². The van der Waals surface area contributed by atoms with Gasteiger partial charge in [0.05, 0.1) is 20.5 Å². The minimum atomic E-state index is -0.585. The molecule has 0 spiro atoms. The molecule has 108 valence electrons. The number of nitro benzene ring substituents is 1. The zero-order valence-electron chi connectivity index (χ0n) is 10.9. The molecule has 2 rings (SSSR count). The van der Waals surface area contributed by atoms with Crippen LogP contribution in [-0.2, 0) is 0 Å². The van der Waals surface area contributed by atoms with Crippen molar-refractivity contribution in [3.8, 4) is 0 Å². The minimum Gasteiger partial charge on any atom is -0.336 e. The highest BCUT2D eigenvalue weighted by molar-refractivity contribution is 6.44. The van der Waals surface area contributed by atoms with Crippen LogP contribution in [0.3, 0.4) is 0 Å². The Labute approximate surface area is 126 Å². The minimum absolute atomic E-state index is 0.0221. The van der Waals surface area contributed by atoms with E-state index in [2.05, 4.69) is 0 Å². The summed E-state index contributed by atoms with van der Waals surface area (Å²) >= 11 is 11.9. The summed E-state index contributed by atoms with van der Waals surface area (Å²) in [6.07, 6.45) is 2.93. The highest BCUT2D eigenvalue weighted by Gasteiger charge is 2.28. The molecule has 0 radical (unpaired) electrons. The lowest BCUT2D eigenvalue weighted by atomic mass is 10.0. The molecule has 0 N–H and O–H groups in total. The Kier molecular flexibility index (Phi) is 4.50. The van der Waals surface area contributed by atoms with Gasteiger partial charge in [-0.05, 0) is 26.2 Å². The van der Waals surface area contributed by atoms with Crippen molar-refractivity contribution < 1.29 is 9.72 Å². The Morgan fingerprint density at radius 2 is 2.10 bits per heavy atom. The topological polar surface area (TPSA) is 63.5 Å². The first-order chi connectivity index (χ1) is 9.41. The number of nitrogens with zero attached hydrogens (tertiary/aromatic N) is 2. The Balaban J connectivity index is 2.40. The highest BCUT2D eigenvalue weighted by Crippen LogP contribution is 2.32. The van der Waals surface area contributed by atoms with Gasteiger partial charge >= 0.3 is 0 Å². The molecule has 1 aliphatic rings. The number of carbonyl (C=O) groups is 1. The van der Waals surface area contributed by atoms with Crippen molar-refractivity contribution in [1.29, 1.82) is 0 Å². The number of amides is 1. The molecule has 1 fully saturated rings. The van der Waals surface area contributed by atoms with Gasteiger partial charge in [-0.25, -0.2) is 0 Å². The second-order valence-electron chi connectivity index (χ2n) is 4.89. The first-order valence-electron chi connectivity index (χ1n) is 6.36. The summed E-state index contributed by atoms with van der Waals surface area (Å²) in [6, 6.07) is 2.45. The van der Waals surface area contributed by atoms with Crippen LogP contribution in [0.2, 0.25) is 10.0 Å². The number of likely N-dealkylation sites (tertiary alicyclic amines) is 1. The summed E-state index contributed by atoms with van der Waals surface area (Å²) in [4.78, 5) is 24.5. The molecular weight excluding hydrogens is 303 g/mol. The smallest absolute Gasteiger partial charge is 0.271 e. The molecule has 0 aromatic heterocycles. The fraction of sp³-hybridized carbons (Fsp3) is 0.462. The predicted molar refractivity (Wildman–Crippen MR) is 77.5 cm³/mol. The van der Waals surface area contributed by atoms with Crippen LogP contribution in [0.25, 0.3) is 0 Å². The average molecular weight is 317 g/mol. The van der Waals surface area contributed by atoms with Crippen LogP contribution in [0.4, 0.5) is 5.69 Å². The third kappa shape index (κ3) is 2.88. The molecule has 0 saturated carbocycles. The van der Waals surface area contributed by atoms with Crippen LogP contribution < -0.4 is 0 Å². The van der Waals surface area contributed by atoms with E-state index in [1.807, 2.05) is 6.92 Å². The number of hydrogen-bond acceptors (Lipinski definition) is 3. The molecular formula is C13H14Cl2N2O3. The Morgan fingerprint density at radius 3 is 2.70 bits per heavy atom. The van der Waals surface area contributed by atoms with E-state index in [0.717, 1.165) is 25.3 Å². The molecule has 1 unspecified atom stereocenters. The SMILES string of the molecule is CC1CCCCN1C(=O)c1cc([N+](=O)[O-])cc(Cl)c1Cl. The first-order valence-corrected chi connectivity index (χ1v) is 7.12. The van der Waals surface area contributed by atoms with E-state index in [0.29, 0.717) is 6.54 Å². The Bertz CT molecular complexity index is 563. The largest absolute Gasteiger partial charge is 0.336 e. The number of halogens is 2. The van der Waals surface area contributed by atoms with Gasteiger partial charge in [0.1, 0.15) is 0 Å². The highest BCUT2D eigenvalue weighted by atomic mass is 35.5. The van der Waals surface area contributed by atoms with Crippen LogP contribution in [-0.4, -0.2) is 28.3 Å². The second-order valence-corrected chi connectivity index (χ2v) is 5.67. The van der Waals surface area contributed by atoms with E-state index < -0.39 is 4.92 Å². The van der Waals surface area contributed by atoms with Crippen molar-refractivity contribution in [2.45, 2.75) is 32.2 Å². The van der Waals surface area contributed by atoms with Gasteiger partial charge in [-0.15, -0.1) is 0 Å². The maximum atomic E-state index is 12.5. The summed E-state index contributed by atoms with van der Waals surface area (Å²) in [7, 11) is 0. The molecule has 7 heteroatoms. The van der Waals surface area contributed by atoms with E-state index in [1.54, 1.807) is 4.90 Å². The van der Waals surface area contributed by atoms with Crippen molar-refractivity contribution in [3.63, 3.8) is 0 Å². The molecule has 1 aliphatic heterocycles. The van der Waals surface area contributed by atoms with Crippen molar-refractivity contribution >= 4 is 34.8 Å². The monoisotopic (exact) mass is 316 g/mol. The van der Waals surface area contributed by atoms with Gasteiger partial charge in [0.2, 0.25) is 0 Å². The number of rotatable bonds is 2. The standard InChI is InChI=1S/C13H14Cl2N2O3/c1-8-4-2-3-5-16(8)13(18)10-6-9(17(19)20)7-11(14)12(10)15/h6-8H,2-5H2,1H3. The van der Waals surface area contributed by atoms with Gasteiger partial charge in [0.15, 0.2) is 0 Å². The third-order valence-corrected chi connectivity index (χ3v) is 4.32. The molecule has 1 heterocycles. The number of hydrogen-bond donors (Lipinski definition) is 0. The molecule has 0 aliphatic carbocycles. The summed E-state index contributed by atoms with van der Waals surface area (Å²) in [6.45, 7) is 2.60. The maximum absolute atomic E-state index is 12.5. The fourth-order valence-electron chi connectivity index (χ4n) is 2.39. The molecule has 1 saturated heterocycles. The average Bonchev–Trinajstić information content (AvgIpc) is 2.41. The summed E-state index contributed by atoms with van der Waals surface area (Å²) in [5.74, 6) is -0.298. The van der Waals surface area contributed by atoms with E-state index in [1.165, 1.54) is 6.07 Å². The Morgan fingerprint density at radius 1 is 1.40 bits per heavy atom. The number of non-ortho nitro benzene ring substituents is 1. The van der Waals surface area contributed by atoms with Crippen LogP contribution in [0.1, 0.15) is 36.5 Å². The van der Waals surface area contributed by atoms with Crippen molar-refractivity contribution in [3.05, 3.63) is 37.9 Å². The Hall–Kier alpha value is -1.33. The summed E-state index contributed by atoms with van der Waals surface area (Å²) < 4.78 is 0. The lowest BCUT2D eigenvalue weighted by Gasteiger charge is -2.33. The van der Waals surface area contributed by atoms with Gasteiger partial charge in [-0.3, -0.25) is 14.9 Å². The summed E-state index contributed by atoms with van der Waals surface area (Å²) in [5, 5.41) is 11.0. The molecule has 1 aromatic carbocycles. The molecule has 0 bridgehead atoms. The van der Waals surface area contributed by atoms with E-state index >= 15 is 0 Å². The molecule has 5 nitrogen and oxygen atoms in total. The van der Waals surface area contributed by atoms with E-state index in [-0.39, 0.29) is 33.2 Å². The van der Waals surface area contributed by atoms with Crippen LogP contribution in [0.5, 0.6) is 0 Å². The van der Waals surface area contributed by atoms with Gasteiger partial charge in [0.25, 0.3) is 11.6 Å². The maximum Gasteiger partial charge on any atom is 0.271 e.